The van der Waals surface area contributed by atoms with Crippen molar-refractivity contribution in [1.82, 2.24) is 5.32 Å². The summed E-state index contributed by atoms with van der Waals surface area (Å²) in [6.45, 7) is 14.8. The monoisotopic (exact) mass is 300 g/mol. The van der Waals surface area contributed by atoms with E-state index in [4.69, 9.17) is 0 Å². The largest absolute Gasteiger partial charge is 0.313 e. The SMILES string of the molecule is C[B]CC(c1ccccc1CC)C(CC)NCC(C)(C)CC. The van der Waals surface area contributed by atoms with Crippen molar-refractivity contribution in [1.29, 1.82) is 0 Å². The number of nitrogens with one attached hydrogen (secondary N) is 1. The lowest BCUT2D eigenvalue weighted by atomic mass is 9.67. The Kier molecular flexibility index (Phi) is 8.24. The van der Waals surface area contributed by atoms with Crippen molar-refractivity contribution in [3.05, 3.63) is 35.4 Å². The van der Waals surface area contributed by atoms with Crippen LogP contribution in [0.3, 0.4) is 0 Å². The lowest BCUT2D eigenvalue weighted by Gasteiger charge is -2.33. The Morgan fingerprint density at radius 3 is 2.36 bits per heavy atom. The Balaban J connectivity index is 2.95. The van der Waals surface area contributed by atoms with E-state index in [9.17, 15) is 0 Å². The summed E-state index contributed by atoms with van der Waals surface area (Å²) < 4.78 is 0. The molecule has 0 aliphatic rings. The van der Waals surface area contributed by atoms with Crippen LogP contribution in [0, 0.1) is 5.41 Å². The van der Waals surface area contributed by atoms with E-state index in [2.05, 4.69) is 78.3 Å². The van der Waals surface area contributed by atoms with Crippen LogP contribution in [0.15, 0.2) is 24.3 Å². The Labute approximate surface area is 139 Å². The number of aryl methyl sites for hydroxylation is 1. The second kappa shape index (κ2) is 9.40. The summed E-state index contributed by atoms with van der Waals surface area (Å²) in [7, 11) is 2.33. The number of hydrogen-bond donors (Lipinski definition) is 1. The second-order valence-corrected chi connectivity index (χ2v) is 7.22. The van der Waals surface area contributed by atoms with Gasteiger partial charge in [0.25, 0.3) is 0 Å². The van der Waals surface area contributed by atoms with Gasteiger partial charge in [0, 0.05) is 12.6 Å². The van der Waals surface area contributed by atoms with Crippen LogP contribution in [-0.4, -0.2) is 19.9 Å². The maximum absolute atomic E-state index is 3.88. The van der Waals surface area contributed by atoms with Crippen LogP contribution in [0.4, 0.5) is 0 Å². The van der Waals surface area contributed by atoms with Gasteiger partial charge in [-0.15, -0.1) is 0 Å². The number of rotatable bonds is 10. The van der Waals surface area contributed by atoms with Crippen LogP contribution < -0.4 is 5.32 Å². The Morgan fingerprint density at radius 2 is 1.82 bits per heavy atom. The summed E-state index contributed by atoms with van der Waals surface area (Å²) in [6, 6.07) is 9.54. The Morgan fingerprint density at radius 1 is 1.14 bits per heavy atom. The fraction of sp³-hybridized carbons (Fsp3) is 0.700. The summed E-state index contributed by atoms with van der Waals surface area (Å²) in [6.07, 6.45) is 4.66. The third kappa shape index (κ3) is 5.46. The van der Waals surface area contributed by atoms with E-state index < -0.39 is 0 Å². The van der Waals surface area contributed by atoms with E-state index in [1.807, 2.05) is 0 Å². The molecule has 0 spiro atoms. The molecule has 1 nitrogen and oxygen atoms in total. The topological polar surface area (TPSA) is 12.0 Å². The van der Waals surface area contributed by atoms with E-state index in [1.54, 1.807) is 0 Å². The maximum atomic E-state index is 3.88. The lowest BCUT2D eigenvalue weighted by Crippen LogP contribution is -2.40. The zero-order valence-electron chi connectivity index (χ0n) is 15.6. The highest BCUT2D eigenvalue weighted by Crippen LogP contribution is 2.30. The van der Waals surface area contributed by atoms with Crippen molar-refractivity contribution in [3.63, 3.8) is 0 Å². The number of hydrogen-bond acceptors (Lipinski definition) is 1. The van der Waals surface area contributed by atoms with E-state index in [0.29, 0.717) is 17.4 Å². The molecule has 0 heterocycles. The molecule has 2 unspecified atom stereocenters. The van der Waals surface area contributed by atoms with E-state index in [1.165, 1.54) is 24.0 Å². The van der Waals surface area contributed by atoms with Crippen LogP contribution in [0.1, 0.15) is 64.5 Å². The highest BCUT2D eigenvalue weighted by Gasteiger charge is 2.25. The molecule has 0 amide bonds. The molecular formula is C20H35BN. The van der Waals surface area contributed by atoms with Gasteiger partial charge < -0.3 is 5.32 Å². The van der Waals surface area contributed by atoms with Crippen molar-refractivity contribution in [2.24, 2.45) is 5.41 Å². The van der Waals surface area contributed by atoms with Crippen LogP contribution in [0.2, 0.25) is 13.1 Å². The molecule has 0 saturated carbocycles. The molecule has 0 fully saturated rings. The fourth-order valence-electron chi connectivity index (χ4n) is 3.08. The molecule has 0 aliphatic heterocycles. The second-order valence-electron chi connectivity index (χ2n) is 7.22. The molecule has 2 atom stereocenters. The minimum Gasteiger partial charge on any atom is -0.313 e. The minimum atomic E-state index is 0.373. The summed E-state index contributed by atoms with van der Waals surface area (Å²) in [5, 5.41) is 3.88. The molecule has 123 valence electrons. The molecule has 1 N–H and O–H groups in total. The predicted octanol–water partition coefficient (Wildman–Crippen LogP) is 5.31. The van der Waals surface area contributed by atoms with Gasteiger partial charge in [-0.05, 0) is 41.7 Å². The lowest BCUT2D eigenvalue weighted by molar-refractivity contribution is 0.293. The number of benzene rings is 1. The summed E-state index contributed by atoms with van der Waals surface area (Å²) in [5.41, 5.74) is 3.42. The highest BCUT2D eigenvalue weighted by molar-refractivity contribution is 6.33. The van der Waals surface area contributed by atoms with Gasteiger partial charge in [-0.25, -0.2) is 0 Å². The van der Waals surface area contributed by atoms with Gasteiger partial charge >= 0.3 is 0 Å². The van der Waals surface area contributed by atoms with Gasteiger partial charge in [-0.2, -0.15) is 0 Å². The van der Waals surface area contributed by atoms with E-state index >= 15 is 0 Å². The Bertz CT molecular complexity index is 427. The van der Waals surface area contributed by atoms with Crippen molar-refractivity contribution in [2.75, 3.05) is 6.54 Å². The normalized spacial score (nSPS) is 14.6. The molecule has 0 bridgehead atoms. The van der Waals surface area contributed by atoms with Crippen molar-refractivity contribution >= 4 is 7.28 Å². The quantitative estimate of drug-likeness (QED) is 0.578. The summed E-state index contributed by atoms with van der Waals surface area (Å²) in [5.74, 6) is 0.582. The molecule has 0 aromatic heterocycles. The molecule has 1 aromatic rings. The average molecular weight is 300 g/mol. The smallest absolute Gasteiger partial charge is 0.106 e. The molecule has 1 radical (unpaired) electrons. The molecule has 1 aromatic carbocycles. The molecule has 1 rings (SSSR count). The molecule has 0 saturated heterocycles. The van der Waals surface area contributed by atoms with Crippen molar-refractivity contribution < 1.29 is 0 Å². The Hall–Kier alpha value is -0.755. The fourth-order valence-corrected chi connectivity index (χ4v) is 3.08. The van der Waals surface area contributed by atoms with Gasteiger partial charge in [-0.1, -0.05) is 72.0 Å². The standard InChI is InChI=1S/C20H35BN/c1-7-16-12-10-11-13-17(16)18(14-21-6)19(8-2)22-15-20(4,5)9-3/h10-13,18-19,22H,7-9,14-15H2,1-6H3. The zero-order chi connectivity index (χ0) is 16.6. The average Bonchev–Trinajstić information content (AvgIpc) is 2.54. The van der Waals surface area contributed by atoms with Crippen LogP contribution in [0.5, 0.6) is 0 Å². The maximum Gasteiger partial charge on any atom is 0.106 e. The molecule has 0 aliphatic carbocycles. The first-order valence-corrected chi connectivity index (χ1v) is 9.08. The predicted molar refractivity (Wildman–Crippen MR) is 101 cm³/mol. The van der Waals surface area contributed by atoms with Gasteiger partial charge in [0.15, 0.2) is 0 Å². The van der Waals surface area contributed by atoms with Gasteiger partial charge in [0.05, 0.1) is 0 Å². The molecule has 22 heavy (non-hydrogen) atoms. The third-order valence-corrected chi connectivity index (χ3v) is 5.05. The summed E-state index contributed by atoms with van der Waals surface area (Å²) >= 11 is 0. The van der Waals surface area contributed by atoms with Crippen LogP contribution >= 0.6 is 0 Å². The first-order valence-electron chi connectivity index (χ1n) is 9.08. The minimum absolute atomic E-state index is 0.373. The highest BCUT2D eigenvalue weighted by atomic mass is 14.9. The van der Waals surface area contributed by atoms with E-state index in [-0.39, 0.29) is 0 Å². The first-order chi connectivity index (χ1) is 10.5. The third-order valence-electron chi connectivity index (χ3n) is 5.05. The van der Waals surface area contributed by atoms with E-state index in [0.717, 1.165) is 19.3 Å². The van der Waals surface area contributed by atoms with Gasteiger partial charge in [0.1, 0.15) is 7.28 Å². The van der Waals surface area contributed by atoms with Crippen molar-refractivity contribution in [2.45, 2.75) is 79.0 Å². The molecular weight excluding hydrogens is 265 g/mol. The van der Waals surface area contributed by atoms with Gasteiger partial charge in [0.2, 0.25) is 0 Å². The van der Waals surface area contributed by atoms with Crippen LogP contribution in [-0.2, 0) is 6.42 Å². The van der Waals surface area contributed by atoms with Crippen LogP contribution in [0.25, 0.3) is 0 Å². The first kappa shape index (κ1) is 19.3. The summed E-state index contributed by atoms with van der Waals surface area (Å²) in [4.78, 5) is 0. The van der Waals surface area contributed by atoms with Crippen molar-refractivity contribution in [3.8, 4) is 0 Å². The molecule has 2 heteroatoms. The zero-order valence-corrected chi connectivity index (χ0v) is 15.6. The van der Waals surface area contributed by atoms with Gasteiger partial charge in [-0.3, -0.25) is 0 Å².